The molecule has 0 N–H and O–H groups in total. The highest BCUT2D eigenvalue weighted by atomic mass is 16.4. The first kappa shape index (κ1) is 10.9. The summed E-state index contributed by atoms with van der Waals surface area (Å²) in [5, 5.41) is 0. The van der Waals surface area contributed by atoms with Gasteiger partial charge in [0.1, 0.15) is 5.76 Å². The second-order valence-electron chi connectivity index (χ2n) is 3.86. The number of benzene rings is 1. The summed E-state index contributed by atoms with van der Waals surface area (Å²) >= 11 is 0. The van der Waals surface area contributed by atoms with Crippen molar-refractivity contribution in [2.75, 3.05) is 0 Å². The van der Waals surface area contributed by atoms with Crippen molar-refractivity contribution in [1.82, 2.24) is 4.98 Å². The predicted octanol–water partition coefficient (Wildman–Crippen LogP) is 3.86. The summed E-state index contributed by atoms with van der Waals surface area (Å²) in [5.74, 6) is 1.78. The highest BCUT2D eigenvalue weighted by molar-refractivity contribution is 5.53. The molecule has 2 rings (SSSR count). The first-order valence-corrected chi connectivity index (χ1v) is 5.89. The predicted molar refractivity (Wildman–Crippen MR) is 65.3 cm³/mol. The van der Waals surface area contributed by atoms with Gasteiger partial charge in [-0.25, -0.2) is 4.98 Å². The zero-order valence-electron chi connectivity index (χ0n) is 9.86. The number of rotatable bonds is 4. The van der Waals surface area contributed by atoms with Crippen LogP contribution in [0.15, 0.2) is 34.7 Å². The first-order chi connectivity index (χ1) is 7.85. The van der Waals surface area contributed by atoms with Crippen LogP contribution < -0.4 is 0 Å². The van der Waals surface area contributed by atoms with Gasteiger partial charge in [-0.3, -0.25) is 0 Å². The third-order valence-corrected chi connectivity index (χ3v) is 2.61. The van der Waals surface area contributed by atoms with Gasteiger partial charge in [0.2, 0.25) is 5.89 Å². The summed E-state index contributed by atoms with van der Waals surface area (Å²) in [6.07, 6.45) is 3.02. The normalized spacial score (nSPS) is 10.6. The Kier molecular flexibility index (Phi) is 3.40. The van der Waals surface area contributed by atoms with E-state index in [9.17, 15) is 0 Å². The number of nitrogens with zero attached hydrogens (tertiary/aromatic N) is 1. The number of hydrogen-bond acceptors (Lipinski definition) is 2. The highest BCUT2D eigenvalue weighted by Gasteiger charge is 2.11. The van der Waals surface area contributed by atoms with Crippen molar-refractivity contribution in [2.24, 2.45) is 0 Å². The van der Waals surface area contributed by atoms with E-state index < -0.39 is 0 Å². The van der Waals surface area contributed by atoms with Gasteiger partial charge in [0.25, 0.3) is 0 Å². The quantitative estimate of drug-likeness (QED) is 0.774. The summed E-state index contributed by atoms with van der Waals surface area (Å²) in [6.45, 7) is 4.27. The Labute approximate surface area is 96.3 Å². The lowest BCUT2D eigenvalue weighted by molar-refractivity contribution is 0.520. The maximum atomic E-state index is 5.79. The number of aryl methyl sites for hydroxylation is 2. The van der Waals surface area contributed by atoms with Crippen LogP contribution in [0.3, 0.4) is 0 Å². The van der Waals surface area contributed by atoms with E-state index in [-0.39, 0.29) is 0 Å². The fraction of sp³-hybridized carbons (Fsp3) is 0.357. The molecule has 2 nitrogen and oxygen atoms in total. The van der Waals surface area contributed by atoms with Gasteiger partial charge >= 0.3 is 0 Å². The van der Waals surface area contributed by atoms with Crippen LogP contribution in [0.4, 0.5) is 0 Å². The van der Waals surface area contributed by atoms with Gasteiger partial charge in [-0.1, -0.05) is 38.5 Å². The molecule has 0 atom stereocenters. The molecule has 0 radical (unpaired) electrons. The zero-order chi connectivity index (χ0) is 11.4. The third-order valence-electron chi connectivity index (χ3n) is 2.61. The number of oxazole rings is 1. The molecular weight excluding hydrogens is 198 g/mol. The van der Waals surface area contributed by atoms with Crippen molar-refractivity contribution in [2.45, 2.75) is 33.1 Å². The standard InChI is InChI=1S/C14H17NO/c1-3-8-12-13(4-2)16-14(15-12)11-9-6-5-7-10-11/h5-7,9-10H,3-4,8H2,1-2H3. The summed E-state index contributed by atoms with van der Waals surface area (Å²) in [5.41, 5.74) is 2.17. The van der Waals surface area contributed by atoms with Gasteiger partial charge < -0.3 is 4.42 Å². The van der Waals surface area contributed by atoms with E-state index in [1.54, 1.807) is 0 Å². The largest absolute Gasteiger partial charge is 0.441 e. The molecule has 0 fully saturated rings. The van der Waals surface area contributed by atoms with Crippen LogP contribution in [0.25, 0.3) is 11.5 Å². The molecule has 0 aliphatic rings. The average molecular weight is 215 g/mol. The molecule has 0 unspecified atom stereocenters. The average Bonchev–Trinajstić information content (AvgIpc) is 2.74. The van der Waals surface area contributed by atoms with E-state index in [1.807, 2.05) is 30.3 Å². The molecule has 0 spiro atoms. The second-order valence-corrected chi connectivity index (χ2v) is 3.86. The molecule has 0 aliphatic heterocycles. The van der Waals surface area contributed by atoms with Gasteiger partial charge in [0, 0.05) is 12.0 Å². The maximum Gasteiger partial charge on any atom is 0.226 e. The molecule has 1 heterocycles. The molecule has 84 valence electrons. The van der Waals surface area contributed by atoms with Gasteiger partial charge in [-0.2, -0.15) is 0 Å². The summed E-state index contributed by atoms with van der Waals surface area (Å²) < 4.78 is 5.79. The van der Waals surface area contributed by atoms with Gasteiger partial charge in [-0.15, -0.1) is 0 Å². The zero-order valence-corrected chi connectivity index (χ0v) is 9.86. The van der Waals surface area contributed by atoms with Crippen LogP contribution in [-0.4, -0.2) is 4.98 Å². The van der Waals surface area contributed by atoms with E-state index in [4.69, 9.17) is 4.42 Å². The number of aromatic nitrogens is 1. The lowest BCUT2D eigenvalue weighted by Gasteiger charge is -1.93. The Bertz CT molecular complexity index is 445. The minimum absolute atomic E-state index is 0.751. The van der Waals surface area contributed by atoms with Crippen LogP contribution in [0.2, 0.25) is 0 Å². The summed E-state index contributed by atoms with van der Waals surface area (Å²) in [6, 6.07) is 10.1. The van der Waals surface area contributed by atoms with E-state index in [0.717, 1.165) is 42.2 Å². The van der Waals surface area contributed by atoms with Crippen LogP contribution in [0, 0.1) is 0 Å². The van der Waals surface area contributed by atoms with Crippen molar-refractivity contribution in [3.8, 4) is 11.5 Å². The second kappa shape index (κ2) is 4.97. The lowest BCUT2D eigenvalue weighted by atomic mass is 10.2. The molecule has 0 amide bonds. The Morgan fingerprint density at radius 2 is 1.88 bits per heavy atom. The fourth-order valence-corrected chi connectivity index (χ4v) is 1.80. The van der Waals surface area contributed by atoms with Crippen LogP contribution >= 0.6 is 0 Å². The minimum atomic E-state index is 0.751. The van der Waals surface area contributed by atoms with Gasteiger partial charge in [0.05, 0.1) is 5.69 Å². The molecule has 0 saturated carbocycles. The van der Waals surface area contributed by atoms with Crippen LogP contribution in [0.5, 0.6) is 0 Å². The van der Waals surface area contributed by atoms with Gasteiger partial charge in [-0.05, 0) is 18.6 Å². The topological polar surface area (TPSA) is 26.0 Å². The molecule has 0 aliphatic carbocycles. The van der Waals surface area contributed by atoms with Crippen LogP contribution in [-0.2, 0) is 12.8 Å². The SMILES string of the molecule is CCCc1nc(-c2ccccc2)oc1CC. The molecule has 1 aromatic carbocycles. The fourth-order valence-electron chi connectivity index (χ4n) is 1.80. The lowest BCUT2D eigenvalue weighted by Crippen LogP contribution is -1.88. The van der Waals surface area contributed by atoms with Crippen molar-refractivity contribution >= 4 is 0 Å². The number of hydrogen-bond donors (Lipinski definition) is 0. The molecule has 2 aromatic rings. The third kappa shape index (κ3) is 2.16. The molecule has 0 bridgehead atoms. The summed E-state index contributed by atoms with van der Waals surface area (Å²) in [4.78, 5) is 4.57. The highest BCUT2D eigenvalue weighted by Crippen LogP contribution is 2.22. The Morgan fingerprint density at radius 3 is 2.50 bits per heavy atom. The van der Waals surface area contributed by atoms with E-state index in [2.05, 4.69) is 18.8 Å². The van der Waals surface area contributed by atoms with E-state index >= 15 is 0 Å². The monoisotopic (exact) mass is 215 g/mol. The molecular formula is C14H17NO. The van der Waals surface area contributed by atoms with E-state index in [0.29, 0.717) is 0 Å². The molecule has 1 aromatic heterocycles. The summed E-state index contributed by atoms with van der Waals surface area (Å²) in [7, 11) is 0. The Morgan fingerprint density at radius 1 is 1.12 bits per heavy atom. The Balaban J connectivity index is 2.36. The molecule has 2 heteroatoms. The van der Waals surface area contributed by atoms with Crippen molar-refractivity contribution < 1.29 is 4.42 Å². The molecule has 0 saturated heterocycles. The Hall–Kier alpha value is -1.57. The van der Waals surface area contributed by atoms with E-state index in [1.165, 1.54) is 0 Å². The maximum absolute atomic E-state index is 5.79. The minimum Gasteiger partial charge on any atom is -0.441 e. The van der Waals surface area contributed by atoms with Crippen molar-refractivity contribution in [3.05, 3.63) is 41.8 Å². The smallest absolute Gasteiger partial charge is 0.226 e. The van der Waals surface area contributed by atoms with Crippen LogP contribution in [0.1, 0.15) is 31.7 Å². The van der Waals surface area contributed by atoms with Crippen molar-refractivity contribution in [3.63, 3.8) is 0 Å². The first-order valence-electron chi connectivity index (χ1n) is 5.89. The van der Waals surface area contributed by atoms with Gasteiger partial charge in [0.15, 0.2) is 0 Å². The van der Waals surface area contributed by atoms with Crippen molar-refractivity contribution in [1.29, 1.82) is 0 Å². The molecule has 16 heavy (non-hydrogen) atoms.